The molecule has 4 nitrogen and oxygen atoms in total. The Morgan fingerprint density at radius 1 is 1.21 bits per heavy atom. The zero-order valence-electron chi connectivity index (χ0n) is 11.6. The van der Waals surface area contributed by atoms with Crippen molar-refractivity contribution in [3.05, 3.63) is 35.4 Å². The summed E-state index contributed by atoms with van der Waals surface area (Å²) in [7, 11) is 0. The molecule has 0 saturated carbocycles. The van der Waals surface area contributed by atoms with E-state index in [-0.39, 0.29) is 30.6 Å². The summed E-state index contributed by atoms with van der Waals surface area (Å²) in [6.07, 6.45) is 1.24. The Kier molecular flexibility index (Phi) is 6.22. The lowest BCUT2D eigenvalue weighted by molar-refractivity contribution is -0.121. The van der Waals surface area contributed by atoms with E-state index in [1.54, 1.807) is 12.1 Å². The highest BCUT2D eigenvalue weighted by atomic mass is 16.2. The van der Waals surface area contributed by atoms with Gasteiger partial charge in [-0.3, -0.25) is 9.59 Å². The van der Waals surface area contributed by atoms with Gasteiger partial charge < -0.3 is 11.1 Å². The number of hydrogen-bond donors (Lipinski definition) is 2. The van der Waals surface area contributed by atoms with Gasteiger partial charge in [0.1, 0.15) is 0 Å². The lowest BCUT2D eigenvalue weighted by atomic mass is 10.0. The minimum Gasteiger partial charge on any atom is -0.352 e. The molecule has 104 valence electrons. The molecule has 1 amide bonds. The van der Waals surface area contributed by atoms with Crippen LogP contribution in [-0.2, 0) is 4.79 Å². The molecular formula is C15H22N2O2. The third-order valence-electron chi connectivity index (χ3n) is 3.10. The lowest BCUT2D eigenvalue weighted by Crippen LogP contribution is -2.39. The van der Waals surface area contributed by atoms with E-state index in [9.17, 15) is 9.59 Å². The number of hydrogen-bond acceptors (Lipinski definition) is 3. The average molecular weight is 262 g/mol. The van der Waals surface area contributed by atoms with Crippen LogP contribution >= 0.6 is 0 Å². The molecule has 0 aliphatic carbocycles. The normalized spacial score (nSPS) is 11.9. The maximum Gasteiger partial charge on any atom is 0.220 e. The van der Waals surface area contributed by atoms with Crippen molar-refractivity contribution < 1.29 is 9.59 Å². The Bertz CT molecular complexity index is 422. The van der Waals surface area contributed by atoms with Crippen molar-refractivity contribution in [1.29, 1.82) is 0 Å². The van der Waals surface area contributed by atoms with E-state index in [0.29, 0.717) is 12.1 Å². The molecule has 3 N–H and O–H groups in total. The van der Waals surface area contributed by atoms with Crippen LogP contribution in [0.2, 0.25) is 0 Å². The minimum atomic E-state index is -0.113. The Balaban J connectivity index is 2.41. The number of carbonyl (C=O) groups excluding carboxylic acids is 2. The molecule has 1 aromatic carbocycles. The van der Waals surface area contributed by atoms with Gasteiger partial charge in [-0.05, 0) is 13.3 Å². The summed E-state index contributed by atoms with van der Waals surface area (Å²) in [5, 5.41) is 2.82. The molecule has 0 bridgehead atoms. The Hall–Kier alpha value is -1.68. The van der Waals surface area contributed by atoms with Crippen LogP contribution in [0.1, 0.15) is 42.1 Å². The summed E-state index contributed by atoms with van der Waals surface area (Å²) in [6.45, 7) is 4.36. The number of nitrogens with two attached hydrogens (primary N) is 1. The fourth-order valence-corrected chi connectivity index (χ4v) is 1.74. The van der Waals surface area contributed by atoms with Crippen LogP contribution in [0.3, 0.4) is 0 Å². The first kappa shape index (κ1) is 15.4. The van der Waals surface area contributed by atoms with Crippen LogP contribution in [0, 0.1) is 6.92 Å². The van der Waals surface area contributed by atoms with E-state index in [2.05, 4.69) is 5.32 Å². The number of aryl methyl sites for hydroxylation is 1. The zero-order chi connectivity index (χ0) is 14.3. The Morgan fingerprint density at radius 3 is 2.37 bits per heavy atom. The van der Waals surface area contributed by atoms with Gasteiger partial charge >= 0.3 is 0 Å². The standard InChI is InChI=1S/C15H22N2O2/c1-3-13(10-16)17-15(19)9-8-14(18)12-6-4-11(2)5-7-12/h4-7,13H,3,8-10,16H2,1-2H3,(H,17,19). The van der Waals surface area contributed by atoms with Gasteiger partial charge in [-0.2, -0.15) is 0 Å². The SMILES string of the molecule is CCC(CN)NC(=O)CCC(=O)c1ccc(C)cc1. The molecule has 0 heterocycles. The summed E-state index contributed by atoms with van der Waals surface area (Å²) in [4.78, 5) is 23.5. The predicted octanol–water partition coefficient (Wildman–Crippen LogP) is 1.81. The largest absolute Gasteiger partial charge is 0.352 e. The van der Waals surface area contributed by atoms with Gasteiger partial charge in [0.2, 0.25) is 5.91 Å². The van der Waals surface area contributed by atoms with Crippen molar-refractivity contribution in [2.45, 2.75) is 39.2 Å². The van der Waals surface area contributed by atoms with Gasteiger partial charge in [-0.1, -0.05) is 36.8 Å². The monoisotopic (exact) mass is 262 g/mol. The second kappa shape index (κ2) is 7.69. The minimum absolute atomic E-state index is 0.00183. The van der Waals surface area contributed by atoms with E-state index >= 15 is 0 Å². The molecule has 0 radical (unpaired) electrons. The third-order valence-corrected chi connectivity index (χ3v) is 3.10. The number of rotatable bonds is 7. The maximum absolute atomic E-state index is 11.9. The summed E-state index contributed by atoms with van der Waals surface area (Å²) < 4.78 is 0. The van der Waals surface area contributed by atoms with Gasteiger partial charge in [-0.25, -0.2) is 0 Å². The molecule has 1 unspecified atom stereocenters. The Labute approximate surface area is 114 Å². The molecule has 1 atom stereocenters. The van der Waals surface area contributed by atoms with Crippen LogP contribution in [0.5, 0.6) is 0 Å². The fraction of sp³-hybridized carbons (Fsp3) is 0.467. The quantitative estimate of drug-likeness (QED) is 0.736. The summed E-state index contributed by atoms with van der Waals surface area (Å²) in [5.74, 6) is -0.117. The van der Waals surface area contributed by atoms with E-state index in [0.717, 1.165) is 12.0 Å². The van der Waals surface area contributed by atoms with E-state index in [1.807, 2.05) is 26.0 Å². The smallest absolute Gasteiger partial charge is 0.220 e. The lowest BCUT2D eigenvalue weighted by Gasteiger charge is -2.14. The van der Waals surface area contributed by atoms with Crippen LogP contribution in [-0.4, -0.2) is 24.3 Å². The van der Waals surface area contributed by atoms with Gasteiger partial charge in [0.25, 0.3) is 0 Å². The first-order chi connectivity index (χ1) is 9.06. The molecule has 0 aliphatic heterocycles. The molecule has 0 spiro atoms. The van der Waals surface area contributed by atoms with Gasteiger partial charge in [0.15, 0.2) is 5.78 Å². The third kappa shape index (κ3) is 5.22. The van der Waals surface area contributed by atoms with E-state index < -0.39 is 0 Å². The van der Waals surface area contributed by atoms with Crippen molar-refractivity contribution in [2.75, 3.05) is 6.54 Å². The van der Waals surface area contributed by atoms with Gasteiger partial charge in [-0.15, -0.1) is 0 Å². The molecule has 0 fully saturated rings. The van der Waals surface area contributed by atoms with Crippen molar-refractivity contribution in [3.63, 3.8) is 0 Å². The first-order valence-corrected chi connectivity index (χ1v) is 6.66. The van der Waals surface area contributed by atoms with Crippen LogP contribution in [0.25, 0.3) is 0 Å². The van der Waals surface area contributed by atoms with Crippen molar-refractivity contribution in [1.82, 2.24) is 5.32 Å². The molecule has 19 heavy (non-hydrogen) atoms. The molecule has 0 saturated heterocycles. The van der Waals surface area contributed by atoms with Crippen LogP contribution in [0.4, 0.5) is 0 Å². The average Bonchev–Trinajstić information content (AvgIpc) is 2.43. The van der Waals surface area contributed by atoms with Crippen LogP contribution < -0.4 is 11.1 Å². The highest BCUT2D eigenvalue weighted by Gasteiger charge is 2.11. The summed E-state index contributed by atoms with van der Waals surface area (Å²) in [5.41, 5.74) is 7.28. The molecule has 1 aromatic rings. The van der Waals surface area contributed by atoms with E-state index in [4.69, 9.17) is 5.73 Å². The van der Waals surface area contributed by atoms with Crippen molar-refractivity contribution in [2.24, 2.45) is 5.73 Å². The molecule has 0 aliphatic rings. The number of amides is 1. The topological polar surface area (TPSA) is 72.2 Å². The number of benzene rings is 1. The zero-order valence-corrected chi connectivity index (χ0v) is 11.6. The van der Waals surface area contributed by atoms with Crippen molar-refractivity contribution >= 4 is 11.7 Å². The number of ketones is 1. The van der Waals surface area contributed by atoms with E-state index in [1.165, 1.54) is 0 Å². The number of Topliss-reactive ketones (excluding diaryl/α,β-unsaturated/α-hetero) is 1. The molecule has 4 heteroatoms. The predicted molar refractivity (Wildman–Crippen MR) is 76.0 cm³/mol. The van der Waals surface area contributed by atoms with Gasteiger partial charge in [0.05, 0.1) is 0 Å². The number of carbonyl (C=O) groups is 2. The number of nitrogens with one attached hydrogen (secondary N) is 1. The molecule has 0 aromatic heterocycles. The molecular weight excluding hydrogens is 240 g/mol. The summed E-state index contributed by atoms with van der Waals surface area (Å²) >= 11 is 0. The van der Waals surface area contributed by atoms with Crippen LogP contribution in [0.15, 0.2) is 24.3 Å². The first-order valence-electron chi connectivity index (χ1n) is 6.66. The molecule has 1 rings (SSSR count). The highest BCUT2D eigenvalue weighted by molar-refractivity contribution is 5.97. The fourth-order valence-electron chi connectivity index (χ4n) is 1.74. The highest BCUT2D eigenvalue weighted by Crippen LogP contribution is 2.07. The second-order valence-corrected chi connectivity index (χ2v) is 4.70. The van der Waals surface area contributed by atoms with Crippen molar-refractivity contribution in [3.8, 4) is 0 Å². The van der Waals surface area contributed by atoms with Gasteiger partial charge in [0, 0.05) is 31.0 Å². The maximum atomic E-state index is 11.9. The summed E-state index contributed by atoms with van der Waals surface area (Å²) in [6, 6.07) is 7.39. The Morgan fingerprint density at radius 2 is 1.84 bits per heavy atom. The second-order valence-electron chi connectivity index (χ2n) is 4.70.